The number of aromatic nitrogens is 3. The molecule has 0 saturated heterocycles. The molecule has 9 heteroatoms. The number of hydrogen-bond donors (Lipinski definition) is 2. The molecule has 0 aromatic carbocycles. The van der Waals surface area contributed by atoms with E-state index in [1.165, 1.54) is 31.0 Å². The Hall–Kier alpha value is -2.29. The summed E-state index contributed by atoms with van der Waals surface area (Å²) in [6.07, 6.45) is 9.19. The van der Waals surface area contributed by atoms with Crippen LogP contribution in [0.3, 0.4) is 0 Å². The van der Waals surface area contributed by atoms with Gasteiger partial charge in [0, 0.05) is 12.6 Å². The lowest BCUT2D eigenvalue weighted by Gasteiger charge is -2.25. The summed E-state index contributed by atoms with van der Waals surface area (Å²) in [6.45, 7) is 2.60. The van der Waals surface area contributed by atoms with E-state index < -0.39 is 6.03 Å². The van der Waals surface area contributed by atoms with Gasteiger partial charge in [0.15, 0.2) is 10.9 Å². The predicted octanol–water partition coefficient (Wildman–Crippen LogP) is 3.76. The molecule has 2 N–H and O–H groups in total. The smallest absolute Gasteiger partial charge is 0.321 e. The van der Waals surface area contributed by atoms with Crippen LogP contribution in [0.5, 0.6) is 0 Å². The van der Waals surface area contributed by atoms with Gasteiger partial charge in [-0.25, -0.2) is 4.79 Å². The molecular weight excluding hydrogens is 378 g/mol. The van der Waals surface area contributed by atoms with Gasteiger partial charge in [0.05, 0.1) is 12.0 Å². The number of unbranched alkanes of at least 4 members (excludes halogenated alkanes) is 1. The molecule has 0 atom stereocenters. The van der Waals surface area contributed by atoms with Gasteiger partial charge < -0.3 is 9.73 Å². The Bertz CT molecular complexity index is 769. The van der Waals surface area contributed by atoms with Crippen LogP contribution < -0.4 is 10.6 Å². The van der Waals surface area contributed by atoms with E-state index in [9.17, 15) is 9.59 Å². The highest BCUT2D eigenvalue weighted by Crippen LogP contribution is 2.35. The molecule has 2 heterocycles. The van der Waals surface area contributed by atoms with Crippen molar-refractivity contribution < 1.29 is 14.0 Å². The van der Waals surface area contributed by atoms with Gasteiger partial charge in [0.1, 0.15) is 0 Å². The molecule has 0 unspecified atom stereocenters. The van der Waals surface area contributed by atoms with Crippen LogP contribution >= 0.6 is 11.8 Å². The Morgan fingerprint density at radius 1 is 1.29 bits per heavy atom. The third kappa shape index (κ3) is 5.37. The van der Waals surface area contributed by atoms with Crippen LogP contribution in [0.15, 0.2) is 28.0 Å². The minimum absolute atomic E-state index is 0.101. The van der Waals surface area contributed by atoms with Crippen molar-refractivity contribution in [2.75, 3.05) is 12.3 Å². The second-order valence-electron chi connectivity index (χ2n) is 6.89. The third-order valence-electron chi connectivity index (χ3n) is 4.75. The van der Waals surface area contributed by atoms with Crippen LogP contribution in [0.2, 0.25) is 0 Å². The second-order valence-corrected chi connectivity index (χ2v) is 7.83. The van der Waals surface area contributed by atoms with Gasteiger partial charge in [-0.15, -0.1) is 10.2 Å². The van der Waals surface area contributed by atoms with E-state index in [0.717, 1.165) is 25.7 Å². The molecule has 0 aliphatic heterocycles. The van der Waals surface area contributed by atoms with Crippen molar-refractivity contribution in [3.8, 4) is 11.6 Å². The molecule has 0 bridgehead atoms. The van der Waals surface area contributed by atoms with Gasteiger partial charge in [-0.05, 0) is 31.4 Å². The summed E-state index contributed by atoms with van der Waals surface area (Å²) in [5.41, 5.74) is 0. The first-order chi connectivity index (χ1) is 13.7. The predicted molar refractivity (Wildman–Crippen MR) is 107 cm³/mol. The summed E-state index contributed by atoms with van der Waals surface area (Å²) in [4.78, 5) is 23.8. The highest BCUT2D eigenvalue weighted by molar-refractivity contribution is 7.99. The van der Waals surface area contributed by atoms with Crippen LogP contribution in [0.1, 0.15) is 57.9 Å². The lowest BCUT2D eigenvalue weighted by Crippen LogP contribution is -2.40. The van der Waals surface area contributed by atoms with E-state index in [2.05, 4.69) is 25.4 Å². The zero-order valence-electron chi connectivity index (χ0n) is 16.1. The molecule has 3 amide bonds. The fourth-order valence-electron chi connectivity index (χ4n) is 3.33. The molecule has 1 saturated carbocycles. The Balaban J connectivity index is 1.65. The monoisotopic (exact) mass is 405 g/mol. The average molecular weight is 406 g/mol. The first-order valence-corrected chi connectivity index (χ1v) is 10.9. The molecule has 28 heavy (non-hydrogen) atoms. The van der Waals surface area contributed by atoms with Crippen molar-refractivity contribution in [3.05, 3.63) is 18.4 Å². The second kappa shape index (κ2) is 10.3. The Kier molecular flexibility index (Phi) is 7.53. The normalized spacial score (nSPS) is 14.8. The maximum absolute atomic E-state index is 12.1. The topological polar surface area (TPSA) is 102 Å². The number of carbonyl (C=O) groups is 2. The molecule has 152 valence electrons. The molecule has 1 aliphatic rings. The molecule has 2 aromatic heterocycles. The molecule has 1 aliphatic carbocycles. The van der Waals surface area contributed by atoms with Crippen molar-refractivity contribution in [3.63, 3.8) is 0 Å². The van der Waals surface area contributed by atoms with Gasteiger partial charge >= 0.3 is 6.03 Å². The number of furan rings is 1. The number of nitrogens with one attached hydrogen (secondary N) is 2. The van der Waals surface area contributed by atoms with Crippen molar-refractivity contribution in [2.45, 2.75) is 63.1 Å². The summed E-state index contributed by atoms with van der Waals surface area (Å²) >= 11 is 1.29. The van der Waals surface area contributed by atoms with E-state index in [1.807, 2.05) is 19.1 Å². The van der Waals surface area contributed by atoms with Gasteiger partial charge in [-0.1, -0.05) is 44.4 Å². The molecule has 3 rings (SSSR count). The van der Waals surface area contributed by atoms with E-state index in [-0.39, 0.29) is 11.7 Å². The first kappa shape index (κ1) is 20.4. The van der Waals surface area contributed by atoms with E-state index in [4.69, 9.17) is 4.42 Å². The molecule has 0 radical (unpaired) electrons. The quantitative estimate of drug-likeness (QED) is 0.512. The SMILES string of the molecule is CCCCNC(=O)NC(=O)CSc1nnc(-c2ccco2)n1C1CCCCC1. The molecule has 1 fully saturated rings. The fraction of sp³-hybridized carbons (Fsp3) is 0.579. The molecule has 8 nitrogen and oxygen atoms in total. The Labute approximate surface area is 168 Å². The largest absolute Gasteiger partial charge is 0.461 e. The van der Waals surface area contributed by atoms with Crippen molar-refractivity contribution in [1.82, 2.24) is 25.4 Å². The van der Waals surface area contributed by atoms with E-state index in [0.29, 0.717) is 29.3 Å². The maximum atomic E-state index is 12.1. The van der Waals surface area contributed by atoms with Crippen molar-refractivity contribution >= 4 is 23.7 Å². The van der Waals surface area contributed by atoms with E-state index >= 15 is 0 Å². The fourth-order valence-corrected chi connectivity index (χ4v) is 4.14. The summed E-state index contributed by atoms with van der Waals surface area (Å²) < 4.78 is 7.62. The maximum Gasteiger partial charge on any atom is 0.321 e. The van der Waals surface area contributed by atoms with E-state index in [1.54, 1.807) is 6.26 Å². The molecule has 0 spiro atoms. The van der Waals surface area contributed by atoms with Crippen molar-refractivity contribution in [1.29, 1.82) is 0 Å². The zero-order chi connectivity index (χ0) is 19.8. The lowest BCUT2D eigenvalue weighted by molar-refractivity contribution is -0.117. The minimum Gasteiger partial charge on any atom is -0.461 e. The summed E-state index contributed by atoms with van der Waals surface area (Å²) in [6, 6.07) is 3.54. The number of rotatable bonds is 8. The number of amides is 3. The van der Waals surface area contributed by atoms with Crippen molar-refractivity contribution in [2.24, 2.45) is 0 Å². The highest BCUT2D eigenvalue weighted by Gasteiger charge is 2.25. The summed E-state index contributed by atoms with van der Waals surface area (Å²) in [5.74, 6) is 1.11. The average Bonchev–Trinajstić information content (AvgIpc) is 3.36. The Morgan fingerprint density at radius 2 is 2.11 bits per heavy atom. The highest BCUT2D eigenvalue weighted by atomic mass is 32.2. The van der Waals surface area contributed by atoms with Crippen LogP contribution in [0.25, 0.3) is 11.6 Å². The number of thioether (sulfide) groups is 1. The van der Waals surface area contributed by atoms with Gasteiger partial charge in [0.2, 0.25) is 11.7 Å². The number of carbonyl (C=O) groups excluding carboxylic acids is 2. The van der Waals surface area contributed by atoms with Gasteiger partial charge in [-0.3, -0.25) is 14.7 Å². The Morgan fingerprint density at radius 3 is 2.82 bits per heavy atom. The summed E-state index contributed by atoms with van der Waals surface area (Å²) in [5, 5.41) is 14.3. The first-order valence-electron chi connectivity index (χ1n) is 9.88. The number of hydrogen-bond acceptors (Lipinski definition) is 6. The van der Waals surface area contributed by atoms with Crippen LogP contribution in [0.4, 0.5) is 4.79 Å². The lowest BCUT2D eigenvalue weighted by atomic mass is 9.95. The van der Waals surface area contributed by atoms with Crippen LogP contribution in [-0.2, 0) is 4.79 Å². The third-order valence-corrected chi connectivity index (χ3v) is 5.69. The summed E-state index contributed by atoms with van der Waals surface area (Å²) in [7, 11) is 0. The van der Waals surface area contributed by atoms with Crippen LogP contribution in [0, 0.1) is 0 Å². The number of nitrogens with zero attached hydrogens (tertiary/aromatic N) is 3. The zero-order valence-corrected chi connectivity index (χ0v) is 17.0. The molecule has 2 aromatic rings. The minimum atomic E-state index is -0.455. The van der Waals surface area contributed by atoms with Gasteiger partial charge in [0.25, 0.3) is 0 Å². The number of imide groups is 1. The van der Waals surface area contributed by atoms with Crippen LogP contribution in [-0.4, -0.2) is 39.0 Å². The standard InChI is InChI=1S/C19H27N5O3S/c1-2-3-11-20-18(26)21-16(25)13-28-19-23-22-17(15-10-7-12-27-15)24(19)14-8-5-4-6-9-14/h7,10,12,14H,2-6,8-9,11,13H2,1H3,(H2,20,21,25,26). The van der Waals surface area contributed by atoms with Gasteiger partial charge in [-0.2, -0.15) is 0 Å². The number of urea groups is 1. The molecular formula is C19H27N5O3S.